The molecule has 1 saturated heterocycles. The minimum Gasteiger partial charge on any atom is -0.450 e. The Morgan fingerprint density at radius 1 is 1.06 bits per heavy atom. The van der Waals surface area contributed by atoms with Crippen molar-refractivity contribution in [2.75, 3.05) is 24.4 Å². The molecule has 2 aromatic carbocycles. The van der Waals surface area contributed by atoms with Gasteiger partial charge in [0.15, 0.2) is 0 Å². The fourth-order valence-electron chi connectivity index (χ4n) is 3.59. The van der Waals surface area contributed by atoms with Gasteiger partial charge in [0.2, 0.25) is 0 Å². The SMILES string of the molecule is CCOC(=O)N1CCC(NC(=O)c2ccc(NS(=O)(=O)c3cc(C)ccc3C)cc2)CC1. The molecular weight excluding hydrogens is 430 g/mol. The van der Waals surface area contributed by atoms with Gasteiger partial charge in [-0.15, -0.1) is 0 Å². The molecule has 0 bridgehead atoms. The van der Waals surface area contributed by atoms with Crippen LogP contribution in [0.15, 0.2) is 47.4 Å². The molecule has 0 spiro atoms. The van der Waals surface area contributed by atoms with E-state index in [1.165, 1.54) is 0 Å². The summed E-state index contributed by atoms with van der Waals surface area (Å²) >= 11 is 0. The fraction of sp³-hybridized carbons (Fsp3) is 0.391. The minimum absolute atomic E-state index is 0.0318. The van der Waals surface area contributed by atoms with Crippen LogP contribution < -0.4 is 10.0 Å². The highest BCUT2D eigenvalue weighted by Gasteiger charge is 2.25. The van der Waals surface area contributed by atoms with E-state index in [2.05, 4.69) is 10.0 Å². The van der Waals surface area contributed by atoms with Crippen molar-refractivity contribution in [2.24, 2.45) is 0 Å². The Bertz CT molecular complexity index is 1080. The number of benzene rings is 2. The summed E-state index contributed by atoms with van der Waals surface area (Å²) in [6.45, 7) is 6.76. The van der Waals surface area contributed by atoms with E-state index in [0.29, 0.717) is 49.4 Å². The van der Waals surface area contributed by atoms with Crippen LogP contribution in [-0.2, 0) is 14.8 Å². The van der Waals surface area contributed by atoms with E-state index in [4.69, 9.17) is 4.74 Å². The lowest BCUT2D eigenvalue weighted by molar-refractivity contribution is 0.0860. The van der Waals surface area contributed by atoms with Crippen molar-refractivity contribution < 1.29 is 22.7 Å². The van der Waals surface area contributed by atoms with Crippen LogP contribution in [0.1, 0.15) is 41.3 Å². The summed E-state index contributed by atoms with van der Waals surface area (Å²) in [5, 5.41) is 2.98. The topological polar surface area (TPSA) is 105 Å². The first-order valence-corrected chi connectivity index (χ1v) is 12.1. The van der Waals surface area contributed by atoms with Gasteiger partial charge in [0.1, 0.15) is 0 Å². The maximum Gasteiger partial charge on any atom is 0.409 e. The Morgan fingerprint density at radius 3 is 2.34 bits per heavy atom. The van der Waals surface area contributed by atoms with Gasteiger partial charge in [-0.2, -0.15) is 0 Å². The second-order valence-electron chi connectivity index (χ2n) is 7.89. The predicted molar refractivity (Wildman–Crippen MR) is 122 cm³/mol. The number of carbonyl (C=O) groups excluding carboxylic acids is 2. The zero-order valence-corrected chi connectivity index (χ0v) is 19.4. The summed E-state index contributed by atoms with van der Waals surface area (Å²) in [5.74, 6) is -0.233. The third-order valence-electron chi connectivity index (χ3n) is 5.39. The van der Waals surface area contributed by atoms with E-state index >= 15 is 0 Å². The van der Waals surface area contributed by atoms with Crippen LogP contribution in [0.4, 0.5) is 10.5 Å². The summed E-state index contributed by atoms with van der Waals surface area (Å²) in [6, 6.07) is 11.6. The van der Waals surface area contributed by atoms with Gasteiger partial charge in [-0.25, -0.2) is 13.2 Å². The molecule has 8 nitrogen and oxygen atoms in total. The molecule has 2 amide bonds. The highest BCUT2D eigenvalue weighted by molar-refractivity contribution is 7.92. The van der Waals surface area contributed by atoms with Crippen molar-refractivity contribution in [3.63, 3.8) is 0 Å². The van der Waals surface area contributed by atoms with E-state index in [-0.39, 0.29) is 22.9 Å². The third kappa shape index (κ3) is 5.79. The van der Waals surface area contributed by atoms with Gasteiger partial charge in [-0.3, -0.25) is 9.52 Å². The molecule has 32 heavy (non-hydrogen) atoms. The van der Waals surface area contributed by atoms with Crippen molar-refractivity contribution in [1.29, 1.82) is 0 Å². The smallest absolute Gasteiger partial charge is 0.409 e. The second kappa shape index (κ2) is 10.0. The number of rotatable bonds is 6. The minimum atomic E-state index is -3.73. The molecule has 0 aromatic heterocycles. The number of piperidine rings is 1. The Hall–Kier alpha value is -3.07. The quantitative estimate of drug-likeness (QED) is 0.688. The van der Waals surface area contributed by atoms with Crippen molar-refractivity contribution in [3.8, 4) is 0 Å². The standard InChI is InChI=1S/C23H29N3O5S/c1-4-31-23(28)26-13-11-19(12-14-26)24-22(27)18-7-9-20(10-8-18)25-32(29,30)21-15-16(2)5-6-17(21)3/h5-10,15,19,25H,4,11-14H2,1-3H3,(H,24,27). The Kier molecular flexibility index (Phi) is 7.40. The number of nitrogens with one attached hydrogen (secondary N) is 2. The first-order valence-electron chi connectivity index (χ1n) is 10.6. The molecule has 0 saturated carbocycles. The zero-order valence-electron chi connectivity index (χ0n) is 18.6. The van der Waals surface area contributed by atoms with Crippen molar-refractivity contribution in [3.05, 3.63) is 59.2 Å². The highest BCUT2D eigenvalue weighted by atomic mass is 32.2. The molecule has 0 aliphatic carbocycles. The number of hydrogen-bond donors (Lipinski definition) is 2. The second-order valence-corrected chi connectivity index (χ2v) is 9.54. The molecule has 1 heterocycles. The molecule has 9 heteroatoms. The van der Waals surface area contributed by atoms with E-state index in [1.807, 2.05) is 13.0 Å². The number of sulfonamides is 1. The summed E-state index contributed by atoms with van der Waals surface area (Å²) < 4.78 is 33.1. The van der Waals surface area contributed by atoms with Crippen LogP contribution in [0.25, 0.3) is 0 Å². The Labute approximate surface area is 189 Å². The molecule has 172 valence electrons. The predicted octanol–water partition coefficient (Wildman–Crippen LogP) is 3.45. The number of amides is 2. The van der Waals surface area contributed by atoms with Gasteiger partial charge in [0.05, 0.1) is 11.5 Å². The van der Waals surface area contributed by atoms with Crippen molar-refractivity contribution in [2.45, 2.75) is 44.6 Å². The van der Waals surface area contributed by atoms with E-state index in [9.17, 15) is 18.0 Å². The number of hydrogen-bond acceptors (Lipinski definition) is 5. The molecule has 2 N–H and O–H groups in total. The van der Waals surface area contributed by atoms with Gasteiger partial charge in [-0.1, -0.05) is 12.1 Å². The summed E-state index contributed by atoms with van der Waals surface area (Å²) in [7, 11) is -3.73. The number of anilines is 1. The largest absolute Gasteiger partial charge is 0.450 e. The van der Waals surface area contributed by atoms with Crippen LogP contribution in [0.2, 0.25) is 0 Å². The van der Waals surface area contributed by atoms with E-state index in [1.54, 1.807) is 55.1 Å². The molecule has 1 aliphatic rings. The van der Waals surface area contributed by atoms with Gasteiger partial charge in [-0.05, 0) is 75.1 Å². The maximum atomic E-state index is 12.7. The molecular formula is C23H29N3O5S. The molecule has 0 atom stereocenters. The molecule has 1 aliphatic heterocycles. The lowest BCUT2D eigenvalue weighted by Crippen LogP contribution is -2.46. The average molecular weight is 460 g/mol. The van der Waals surface area contributed by atoms with Gasteiger partial charge >= 0.3 is 6.09 Å². The van der Waals surface area contributed by atoms with E-state index in [0.717, 1.165) is 5.56 Å². The number of carbonyl (C=O) groups is 2. The zero-order chi connectivity index (χ0) is 23.3. The fourth-order valence-corrected chi connectivity index (χ4v) is 4.98. The summed E-state index contributed by atoms with van der Waals surface area (Å²) in [6.07, 6.45) is 0.979. The summed E-state index contributed by atoms with van der Waals surface area (Å²) in [5.41, 5.74) is 2.34. The number of likely N-dealkylation sites (tertiary alicyclic amines) is 1. The monoisotopic (exact) mass is 459 g/mol. The van der Waals surface area contributed by atoms with Crippen molar-refractivity contribution in [1.82, 2.24) is 10.2 Å². The van der Waals surface area contributed by atoms with Crippen LogP contribution >= 0.6 is 0 Å². The molecule has 3 rings (SSSR count). The number of nitrogens with zero attached hydrogens (tertiary/aromatic N) is 1. The lowest BCUT2D eigenvalue weighted by Gasteiger charge is -2.31. The van der Waals surface area contributed by atoms with Gasteiger partial charge < -0.3 is 15.0 Å². The van der Waals surface area contributed by atoms with Crippen LogP contribution in [0, 0.1) is 13.8 Å². The number of ether oxygens (including phenoxy) is 1. The van der Waals surface area contributed by atoms with Gasteiger partial charge in [0.25, 0.3) is 15.9 Å². The van der Waals surface area contributed by atoms with Crippen LogP contribution in [-0.4, -0.2) is 51.1 Å². The van der Waals surface area contributed by atoms with Crippen molar-refractivity contribution >= 4 is 27.7 Å². The van der Waals surface area contributed by atoms with E-state index < -0.39 is 10.0 Å². The molecule has 0 radical (unpaired) electrons. The maximum absolute atomic E-state index is 12.7. The van der Waals surface area contributed by atoms with Crippen LogP contribution in [0.5, 0.6) is 0 Å². The van der Waals surface area contributed by atoms with Gasteiger partial charge in [0, 0.05) is 30.4 Å². The summed E-state index contributed by atoms with van der Waals surface area (Å²) in [4.78, 5) is 26.2. The molecule has 2 aromatic rings. The molecule has 1 fully saturated rings. The Balaban J connectivity index is 1.58. The first-order chi connectivity index (χ1) is 15.2. The normalized spacial score (nSPS) is 14.7. The lowest BCUT2D eigenvalue weighted by atomic mass is 10.0. The average Bonchev–Trinajstić information content (AvgIpc) is 2.76. The Morgan fingerprint density at radius 2 is 1.72 bits per heavy atom. The highest BCUT2D eigenvalue weighted by Crippen LogP contribution is 2.21. The third-order valence-corrected chi connectivity index (χ3v) is 6.91. The molecule has 0 unspecified atom stereocenters. The first kappa shape index (κ1) is 23.6. The number of aryl methyl sites for hydroxylation is 2. The van der Waals surface area contributed by atoms with Crippen LogP contribution in [0.3, 0.4) is 0 Å².